The fourth-order valence-electron chi connectivity index (χ4n) is 0.880. The highest BCUT2D eigenvalue weighted by atomic mass is 32.2. The van der Waals surface area contributed by atoms with E-state index in [9.17, 15) is 23.3 Å². The minimum absolute atomic E-state index is 0.300. The Morgan fingerprint density at radius 3 is 2.36 bits per heavy atom. The summed E-state index contributed by atoms with van der Waals surface area (Å²) in [6.07, 6.45) is 1.41. The largest absolute Gasteiger partial charge is 0.343 e. The van der Waals surface area contributed by atoms with Crippen molar-refractivity contribution in [2.45, 2.75) is 4.90 Å². The van der Waals surface area contributed by atoms with E-state index in [1.165, 1.54) is 6.26 Å². The molecule has 0 spiro atoms. The van der Waals surface area contributed by atoms with Crippen LogP contribution in [0.15, 0.2) is 11.0 Å². The molecular formula is C7H4F3NO2S. The average Bonchev–Trinajstić information content (AvgIpc) is 2.10. The molecule has 1 aromatic rings. The van der Waals surface area contributed by atoms with Crippen molar-refractivity contribution >= 4 is 17.4 Å². The number of halogens is 3. The number of nitrogens with zero attached hydrogens (tertiary/aromatic N) is 1. The van der Waals surface area contributed by atoms with Crippen molar-refractivity contribution in [2.75, 3.05) is 6.26 Å². The van der Waals surface area contributed by atoms with Crippen LogP contribution in [0.1, 0.15) is 0 Å². The number of hydrogen-bond acceptors (Lipinski definition) is 3. The highest BCUT2D eigenvalue weighted by Gasteiger charge is 2.27. The summed E-state index contributed by atoms with van der Waals surface area (Å²) in [6, 6.07) is 0.598. The van der Waals surface area contributed by atoms with E-state index in [0.717, 1.165) is 11.8 Å². The van der Waals surface area contributed by atoms with Crippen molar-refractivity contribution in [3.63, 3.8) is 0 Å². The summed E-state index contributed by atoms with van der Waals surface area (Å²) in [5, 5.41) is 10.1. The molecule has 0 bridgehead atoms. The Morgan fingerprint density at radius 1 is 1.36 bits per heavy atom. The standard InChI is InChI=1S/C7H4F3NO2S/c1-14-4-2-3(8)7(11(12)13)6(10)5(4)9/h2H,1H3. The van der Waals surface area contributed by atoms with Crippen LogP contribution >= 0.6 is 11.8 Å². The third-order valence-corrected chi connectivity index (χ3v) is 2.24. The minimum Gasteiger partial charge on any atom is -0.258 e. The molecule has 0 aliphatic heterocycles. The normalized spacial score (nSPS) is 10.3. The molecule has 7 heteroatoms. The number of benzene rings is 1. The smallest absolute Gasteiger partial charge is 0.258 e. The summed E-state index contributed by atoms with van der Waals surface area (Å²) in [6.45, 7) is 0. The number of nitro benzene ring substituents is 1. The molecule has 14 heavy (non-hydrogen) atoms. The number of rotatable bonds is 2. The number of nitro groups is 1. The molecule has 0 aliphatic carbocycles. The van der Waals surface area contributed by atoms with Gasteiger partial charge in [-0.1, -0.05) is 0 Å². The molecule has 0 saturated heterocycles. The van der Waals surface area contributed by atoms with Gasteiger partial charge in [-0.3, -0.25) is 10.1 Å². The summed E-state index contributed by atoms with van der Waals surface area (Å²) < 4.78 is 38.7. The second kappa shape index (κ2) is 3.87. The first-order chi connectivity index (χ1) is 6.49. The molecule has 0 atom stereocenters. The van der Waals surface area contributed by atoms with Gasteiger partial charge in [0, 0.05) is 4.90 Å². The van der Waals surface area contributed by atoms with E-state index in [4.69, 9.17) is 0 Å². The molecule has 0 unspecified atom stereocenters. The monoisotopic (exact) mass is 223 g/mol. The van der Waals surface area contributed by atoms with Crippen LogP contribution in [-0.4, -0.2) is 11.2 Å². The number of hydrogen-bond donors (Lipinski definition) is 0. The lowest BCUT2D eigenvalue weighted by Crippen LogP contribution is -2.00. The van der Waals surface area contributed by atoms with Crippen molar-refractivity contribution in [3.8, 4) is 0 Å². The Bertz CT molecular complexity index is 397. The highest BCUT2D eigenvalue weighted by Crippen LogP contribution is 2.30. The van der Waals surface area contributed by atoms with E-state index in [1.54, 1.807) is 0 Å². The SMILES string of the molecule is CSc1cc(F)c([N+](=O)[O-])c(F)c1F. The van der Waals surface area contributed by atoms with E-state index in [1.807, 2.05) is 0 Å². The molecule has 0 saturated carbocycles. The maximum Gasteiger partial charge on any atom is 0.343 e. The van der Waals surface area contributed by atoms with Crippen LogP contribution in [0.5, 0.6) is 0 Å². The van der Waals surface area contributed by atoms with E-state index < -0.39 is 28.1 Å². The van der Waals surface area contributed by atoms with Crippen LogP contribution in [0.2, 0.25) is 0 Å². The van der Waals surface area contributed by atoms with E-state index in [0.29, 0.717) is 6.07 Å². The molecule has 0 N–H and O–H groups in total. The van der Waals surface area contributed by atoms with E-state index in [-0.39, 0.29) is 4.90 Å². The summed E-state index contributed by atoms with van der Waals surface area (Å²) >= 11 is 0.767. The van der Waals surface area contributed by atoms with Gasteiger partial charge in [0.1, 0.15) is 0 Å². The predicted molar refractivity (Wildman–Crippen MR) is 44.8 cm³/mol. The fourth-order valence-corrected chi connectivity index (χ4v) is 1.37. The van der Waals surface area contributed by atoms with Crippen molar-refractivity contribution in [3.05, 3.63) is 33.6 Å². The van der Waals surface area contributed by atoms with Crippen molar-refractivity contribution in [1.82, 2.24) is 0 Å². The Hall–Kier alpha value is -1.24. The van der Waals surface area contributed by atoms with Gasteiger partial charge in [-0.2, -0.15) is 8.78 Å². The van der Waals surface area contributed by atoms with Gasteiger partial charge in [-0.15, -0.1) is 11.8 Å². The van der Waals surface area contributed by atoms with Crippen LogP contribution in [-0.2, 0) is 0 Å². The summed E-state index contributed by atoms with van der Waals surface area (Å²) in [5.74, 6) is -4.54. The van der Waals surface area contributed by atoms with Crippen LogP contribution < -0.4 is 0 Å². The van der Waals surface area contributed by atoms with Gasteiger partial charge >= 0.3 is 5.69 Å². The first-order valence-electron chi connectivity index (χ1n) is 3.35. The van der Waals surface area contributed by atoms with Gasteiger partial charge in [0.15, 0.2) is 5.82 Å². The second-order valence-electron chi connectivity index (χ2n) is 2.29. The molecule has 1 aromatic carbocycles. The van der Waals surface area contributed by atoms with Crippen molar-refractivity contribution < 1.29 is 18.1 Å². The van der Waals surface area contributed by atoms with Crippen LogP contribution in [0.25, 0.3) is 0 Å². The van der Waals surface area contributed by atoms with Crippen molar-refractivity contribution in [1.29, 1.82) is 0 Å². The molecule has 0 radical (unpaired) electrons. The zero-order valence-electron chi connectivity index (χ0n) is 6.88. The molecule has 3 nitrogen and oxygen atoms in total. The average molecular weight is 223 g/mol. The molecule has 0 heterocycles. The number of thioether (sulfide) groups is 1. The summed E-state index contributed by atoms with van der Waals surface area (Å²) in [5.41, 5.74) is -1.46. The first kappa shape index (κ1) is 10.8. The predicted octanol–water partition coefficient (Wildman–Crippen LogP) is 2.73. The molecule has 0 amide bonds. The lowest BCUT2D eigenvalue weighted by atomic mass is 10.3. The molecule has 0 fully saturated rings. The van der Waals surface area contributed by atoms with Gasteiger partial charge in [0.2, 0.25) is 11.6 Å². The Balaban J connectivity index is 3.49. The van der Waals surface area contributed by atoms with Gasteiger partial charge in [-0.05, 0) is 12.3 Å². The van der Waals surface area contributed by atoms with Crippen LogP contribution in [0, 0.1) is 27.6 Å². The van der Waals surface area contributed by atoms with Crippen molar-refractivity contribution in [2.24, 2.45) is 0 Å². The van der Waals surface area contributed by atoms with Gasteiger partial charge < -0.3 is 0 Å². The van der Waals surface area contributed by atoms with E-state index >= 15 is 0 Å². The maximum absolute atomic E-state index is 12.9. The van der Waals surface area contributed by atoms with Gasteiger partial charge in [0.05, 0.1) is 4.92 Å². The van der Waals surface area contributed by atoms with Crippen LogP contribution in [0.3, 0.4) is 0 Å². The third-order valence-electron chi connectivity index (χ3n) is 1.50. The molecular weight excluding hydrogens is 219 g/mol. The lowest BCUT2D eigenvalue weighted by molar-refractivity contribution is -0.390. The Kier molecular flexibility index (Phi) is 3.00. The fraction of sp³-hybridized carbons (Fsp3) is 0.143. The Morgan fingerprint density at radius 2 is 1.93 bits per heavy atom. The maximum atomic E-state index is 12.9. The minimum atomic E-state index is -1.76. The molecule has 76 valence electrons. The van der Waals surface area contributed by atoms with Gasteiger partial charge in [-0.25, -0.2) is 4.39 Å². The summed E-state index contributed by atoms with van der Waals surface area (Å²) in [7, 11) is 0. The second-order valence-corrected chi connectivity index (χ2v) is 3.14. The molecule has 0 aromatic heterocycles. The van der Waals surface area contributed by atoms with Gasteiger partial charge in [0.25, 0.3) is 0 Å². The Labute approximate surface area is 81.1 Å². The third kappa shape index (κ3) is 1.67. The van der Waals surface area contributed by atoms with Crippen LogP contribution in [0.4, 0.5) is 18.9 Å². The highest BCUT2D eigenvalue weighted by molar-refractivity contribution is 7.98. The lowest BCUT2D eigenvalue weighted by Gasteiger charge is -2.01. The zero-order valence-corrected chi connectivity index (χ0v) is 7.70. The van der Waals surface area contributed by atoms with E-state index in [2.05, 4.69) is 0 Å². The molecule has 1 rings (SSSR count). The zero-order chi connectivity index (χ0) is 10.9. The first-order valence-corrected chi connectivity index (χ1v) is 4.57. The summed E-state index contributed by atoms with van der Waals surface area (Å²) in [4.78, 5) is 8.55. The quantitative estimate of drug-likeness (QED) is 0.335. The molecule has 0 aliphatic rings. The topological polar surface area (TPSA) is 43.1 Å².